The first-order valence-electron chi connectivity index (χ1n) is 5.38. The van der Waals surface area contributed by atoms with E-state index >= 15 is 0 Å². The molecule has 0 radical (unpaired) electrons. The molecule has 86 valence electrons. The van der Waals surface area contributed by atoms with Crippen LogP contribution in [0.4, 0.5) is 0 Å². The highest BCUT2D eigenvalue weighted by molar-refractivity contribution is 5.54. The Hall–Kier alpha value is -2.14. The largest absolute Gasteiger partial charge is 0.467 e. The van der Waals surface area contributed by atoms with Crippen LogP contribution in [0.25, 0.3) is 5.52 Å². The molecule has 0 aliphatic heterocycles. The summed E-state index contributed by atoms with van der Waals surface area (Å²) in [4.78, 5) is 4.12. The number of furan rings is 1. The van der Waals surface area contributed by atoms with Crippen LogP contribution in [0.15, 0.2) is 47.6 Å². The highest BCUT2D eigenvalue weighted by atomic mass is 16.3. The zero-order chi connectivity index (χ0) is 11.7. The van der Waals surface area contributed by atoms with Crippen LogP contribution in [-0.2, 0) is 0 Å². The molecule has 0 amide bonds. The predicted molar refractivity (Wildman–Crippen MR) is 62.6 cm³/mol. The summed E-state index contributed by atoms with van der Waals surface area (Å²) in [7, 11) is 1.90. The van der Waals surface area contributed by atoms with Crippen molar-refractivity contribution in [3.63, 3.8) is 0 Å². The second kappa shape index (κ2) is 4.03. The molecule has 0 spiro atoms. The summed E-state index contributed by atoms with van der Waals surface area (Å²) in [6.07, 6.45) is 8.85. The molecule has 5 nitrogen and oxygen atoms in total. The lowest BCUT2D eigenvalue weighted by atomic mass is 10.1. The van der Waals surface area contributed by atoms with Gasteiger partial charge < -0.3 is 9.73 Å². The predicted octanol–water partition coefficient (Wildman–Crippen LogP) is 1.63. The average Bonchev–Trinajstić information content (AvgIpc) is 3.01. The number of aromatic nitrogens is 3. The molecule has 0 fully saturated rings. The smallest absolute Gasteiger partial charge is 0.125 e. The lowest BCUT2D eigenvalue weighted by Crippen LogP contribution is -2.16. The van der Waals surface area contributed by atoms with Crippen molar-refractivity contribution in [3.8, 4) is 0 Å². The van der Waals surface area contributed by atoms with Gasteiger partial charge in [-0.3, -0.25) is 4.98 Å². The lowest BCUT2D eigenvalue weighted by molar-refractivity contribution is 0.464. The van der Waals surface area contributed by atoms with E-state index in [1.165, 1.54) is 0 Å². The third-order valence-electron chi connectivity index (χ3n) is 2.78. The normalized spacial score (nSPS) is 13.0. The van der Waals surface area contributed by atoms with Gasteiger partial charge in [-0.25, -0.2) is 4.52 Å². The van der Waals surface area contributed by atoms with Gasteiger partial charge in [0, 0.05) is 18.0 Å². The SMILES string of the molecule is CNC(c1ccco1)c1cnn2ccncc12. The summed E-state index contributed by atoms with van der Waals surface area (Å²) < 4.78 is 7.24. The molecule has 0 saturated carbocycles. The standard InChI is InChI=1S/C12H12N4O/c1-13-12(11-3-2-6-17-11)9-7-15-16-5-4-14-8-10(9)16/h2-8,12-13H,1H3. The van der Waals surface area contributed by atoms with E-state index in [2.05, 4.69) is 15.4 Å². The summed E-state index contributed by atoms with van der Waals surface area (Å²) in [5.74, 6) is 0.867. The Morgan fingerprint density at radius 2 is 2.35 bits per heavy atom. The van der Waals surface area contributed by atoms with Gasteiger partial charge in [-0.2, -0.15) is 5.10 Å². The van der Waals surface area contributed by atoms with E-state index < -0.39 is 0 Å². The van der Waals surface area contributed by atoms with E-state index in [0.717, 1.165) is 16.8 Å². The molecule has 3 aromatic rings. The maximum Gasteiger partial charge on any atom is 0.125 e. The zero-order valence-corrected chi connectivity index (χ0v) is 9.37. The molecule has 1 N–H and O–H groups in total. The molecule has 5 heteroatoms. The Bertz CT molecular complexity index is 614. The van der Waals surface area contributed by atoms with Crippen molar-refractivity contribution >= 4 is 5.52 Å². The molecule has 0 aliphatic carbocycles. The van der Waals surface area contributed by atoms with E-state index in [4.69, 9.17) is 4.42 Å². The van der Waals surface area contributed by atoms with Crippen LogP contribution in [0, 0.1) is 0 Å². The Labute approximate surface area is 98.1 Å². The maximum atomic E-state index is 5.44. The number of hydrogen-bond acceptors (Lipinski definition) is 4. The fourth-order valence-corrected chi connectivity index (χ4v) is 1.98. The van der Waals surface area contributed by atoms with Crippen LogP contribution in [-0.4, -0.2) is 21.6 Å². The lowest BCUT2D eigenvalue weighted by Gasteiger charge is -2.11. The highest BCUT2D eigenvalue weighted by Crippen LogP contribution is 2.25. The summed E-state index contributed by atoms with van der Waals surface area (Å²) in [6, 6.07) is 3.82. The van der Waals surface area contributed by atoms with Crippen molar-refractivity contribution < 1.29 is 4.42 Å². The van der Waals surface area contributed by atoms with Crippen LogP contribution in [0.2, 0.25) is 0 Å². The molecular weight excluding hydrogens is 216 g/mol. The summed E-state index contributed by atoms with van der Waals surface area (Å²) in [5, 5.41) is 7.52. The molecule has 1 atom stereocenters. The second-order valence-corrected chi connectivity index (χ2v) is 3.74. The van der Waals surface area contributed by atoms with E-state index in [1.54, 1.807) is 23.2 Å². The van der Waals surface area contributed by atoms with Crippen LogP contribution in [0.1, 0.15) is 17.4 Å². The van der Waals surface area contributed by atoms with E-state index in [0.29, 0.717) is 0 Å². The summed E-state index contributed by atoms with van der Waals surface area (Å²) in [5.41, 5.74) is 2.03. The Morgan fingerprint density at radius 1 is 1.41 bits per heavy atom. The molecule has 3 aromatic heterocycles. The van der Waals surface area contributed by atoms with Gasteiger partial charge in [-0.15, -0.1) is 0 Å². The highest BCUT2D eigenvalue weighted by Gasteiger charge is 2.18. The second-order valence-electron chi connectivity index (χ2n) is 3.74. The van der Waals surface area contributed by atoms with Crippen LogP contribution < -0.4 is 5.32 Å². The average molecular weight is 228 g/mol. The summed E-state index contributed by atoms with van der Waals surface area (Å²) in [6.45, 7) is 0. The third kappa shape index (κ3) is 1.60. The van der Waals surface area contributed by atoms with Crippen molar-refractivity contribution in [1.29, 1.82) is 0 Å². The maximum absolute atomic E-state index is 5.44. The molecule has 0 aromatic carbocycles. The molecule has 0 bridgehead atoms. The first-order chi connectivity index (χ1) is 8.40. The zero-order valence-electron chi connectivity index (χ0n) is 9.37. The van der Waals surface area contributed by atoms with Gasteiger partial charge in [0.2, 0.25) is 0 Å². The Balaban J connectivity index is 2.13. The minimum atomic E-state index is -0.00769. The van der Waals surface area contributed by atoms with Crippen LogP contribution in [0.5, 0.6) is 0 Å². The molecule has 1 unspecified atom stereocenters. The molecule has 17 heavy (non-hydrogen) atoms. The fraction of sp³-hybridized carbons (Fsp3) is 0.167. The van der Waals surface area contributed by atoms with Crippen molar-refractivity contribution in [3.05, 3.63) is 54.5 Å². The fourth-order valence-electron chi connectivity index (χ4n) is 1.98. The number of nitrogens with zero attached hydrogens (tertiary/aromatic N) is 3. The van der Waals surface area contributed by atoms with Gasteiger partial charge >= 0.3 is 0 Å². The van der Waals surface area contributed by atoms with E-state index in [-0.39, 0.29) is 6.04 Å². The van der Waals surface area contributed by atoms with E-state index in [9.17, 15) is 0 Å². The molecule has 0 saturated heterocycles. The first-order valence-corrected chi connectivity index (χ1v) is 5.38. The van der Waals surface area contributed by atoms with Gasteiger partial charge in [0.25, 0.3) is 0 Å². The molecular formula is C12H12N4O. The Morgan fingerprint density at radius 3 is 3.12 bits per heavy atom. The molecule has 0 aliphatic rings. The van der Waals surface area contributed by atoms with Crippen molar-refractivity contribution in [2.24, 2.45) is 0 Å². The van der Waals surface area contributed by atoms with Gasteiger partial charge in [0.1, 0.15) is 5.76 Å². The monoisotopic (exact) mass is 228 g/mol. The van der Waals surface area contributed by atoms with E-state index in [1.807, 2.05) is 31.6 Å². The molecule has 3 heterocycles. The minimum absolute atomic E-state index is 0.00769. The van der Waals surface area contributed by atoms with Crippen LogP contribution in [0.3, 0.4) is 0 Å². The first kappa shape index (κ1) is 10.0. The number of fused-ring (bicyclic) bond motifs is 1. The van der Waals surface area contributed by atoms with Crippen LogP contribution >= 0.6 is 0 Å². The number of nitrogens with one attached hydrogen (secondary N) is 1. The number of hydrogen-bond donors (Lipinski definition) is 1. The Kier molecular flexibility index (Phi) is 2.38. The van der Waals surface area contributed by atoms with Crippen molar-refractivity contribution in [2.45, 2.75) is 6.04 Å². The quantitative estimate of drug-likeness (QED) is 0.740. The third-order valence-corrected chi connectivity index (χ3v) is 2.78. The van der Waals surface area contributed by atoms with Gasteiger partial charge in [-0.05, 0) is 19.2 Å². The number of rotatable bonds is 3. The summed E-state index contributed by atoms with van der Waals surface area (Å²) >= 11 is 0. The van der Waals surface area contributed by atoms with Gasteiger partial charge in [0.15, 0.2) is 0 Å². The minimum Gasteiger partial charge on any atom is -0.467 e. The van der Waals surface area contributed by atoms with Crippen molar-refractivity contribution in [1.82, 2.24) is 19.9 Å². The topological polar surface area (TPSA) is 55.4 Å². The van der Waals surface area contributed by atoms with Gasteiger partial charge in [-0.1, -0.05) is 0 Å². The molecule has 3 rings (SSSR count). The van der Waals surface area contributed by atoms with Crippen molar-refractivity contribution in [2.75, 3.05) is 7.05 Å². The van der Waals surface area contributed by atoms with Gasteiger partial charge in [0.05, 0.1) is 30.2 Å².